The van der Waals surface area contributed by atoms with Gasteiger partial charge >= 0.3 is 17.9 Å². The van der Waals surface area contributed by atoms with Crippen molar-refractivity contribution in [2.24, 2.45) is 35.0 Å². The van der Waals surface area contributed by atoms with Crippen LogP contribution in [0.4, 0.5) is 5.69 Å². The lowest BCUT2D eigenvalue weighted by molar-refractivity contribution is -0.384. The third-order valence-electron chi connectivity index (χ3n) is 7.21. The van der Waals surface area contributed by atoms with Crippen molar-refractivity contribution in [1.82, 2.24) is 0 Å². The van der Waals surface area contributed by atoms with Gasteiger partial charge in [0.05, 0.1) is 32.2 Å². The maximum atomic E-state index is 13.0. The Bertz CT molecular complexity index is 952. The number of hydrogen-bond acceptors (Lipinski definition) is 8. The van der Waals surface area contributed by atoms with Crippen LogP contribution in [0, 0.1) is 45.1 Å². The van der Waals surface area contributed by atoms with E-state index in [-0.39, 0.29) is 47.7 Å². The molecule has 0 bridgehead atoms. The number of carbonyl (C=O) groups is 3. The zero-order valence-electron chi connectivity index (χ0n) is 17.3. The molecule has 2 saturated carbocycles. The van der Waals surface area contributed by atoms with Gasteiger partial charge in [0.15, 0.2) is 5.41 Å². The minimum atomic E-state index is -1.55. The number of esters is 3. The third-order valence-corrected chi connectivity index (χ3v) is 7.21. The average molecular weight is 429 g/mol. The van der Waals surface area contributed by atoms with Crippen LogP contribution >= 0.6 is 0 Å². The lowest BCUT2D eigenvalue weighted by Crippen LogP contribution is -2.45. The highest BCUT2D eigenvalue weighted by Crippen LogP contribution is 2.69. The van der Waals surface area contributed by atoms with Crippen molar-refractivity contribution in [2.75, 3.05) is 21.3 Å². The first kappa shape index (κ1) is 21.0. The second-order valence-electron chi connectivity index (χ2n) is 8.31. The van der Waals surface area contributed by atoms with Crippen LogP contribution in [0.2, 0.25) is 0 Å². The van der Waals surface area contributed by atoms with Gasteiger partial charge in [-0.05, 0) is 35.7 Å². The molecule has 4 rings (SSSR count). The van der Waals surface area contributed by atoms with Gasteiger partial charge < -0.3 is 14.2 Å². The van der Waals surface area contributed by atoms with Gasteiger partial charge in [0.2, 0.25) is 0 Å². The maximum Gasteiger partial charge on any atom is 0.323 e. The first-order valence-corrected chi connectivity index (χ1v) is 9.99. The van der Waals surface area contributed by atoms with E-state index in [1.165, 1.54) is 33.5 Å². The van der Waals surface area contributed by atoms with Crippen molar-refractivity contribution in [1.29, 1.82) is 0 Å². The number of carbonyl (C=O) groups excluding carboxylic acids is 3. The Morgan fingerprint density at radius 2 is 1.58 bits per heavy atom. The van der Waals surface area contributed by atoms with Crippen LogP contribution in [-0.2, 0) is 28.6 Å². The molecule has 31 heavy (non-hydrogen) atoms. The Balaban J connectivity index is 1.81. The highest BCUT2D eigenvalue weighted by atomic mass is 16.6. The van der Waals surface area contributed by atoms with E-state index in [0.717, 1.165) is 5.56 Å². The van der Waals surface area contributed by atoms with Crippen LogP contribution in [0.5, 0.6) is 0 Å². The highest BCUT2D eigenvalue weighted by molar-refractivity contribution is 6.01. The van der Waals surface area contributed by atoms with Crippen molar-refractivity contribution in [3.63, 3.8) is 0 Å². The summed E-state index contributed by atoms with van der Waals surface area (Å²) in [6, 6.07) is 6.10. The summed E-state index contributed by atoms with van der Waals surface area (Å²) >= 11 is 0. The molecule has 0 aliphatic heterocycles. The van der Waals surface area contributed by atoms with Crippen LogP contribution in [-0.4, -0.2) is 44.2 Å². The van der Waals surface area contributed by atoms with E-state index in [1.54, 1.807) is 12.1 Å². The number of ether oxygens (including phenoxy) is 3. The van der Waals surface area contributed by atoms with Gasteiger partial charge in [-0.3, -0.25) is 24.5 Å². The van der Waals surface area contributed by atoms with Gasteiger partial charge in [-0.2, -0.15) is 0 Å². The topological polar surface area (TPSA) is 122 Å². The summed E-state index contributed by atoms with van der Waals surface area (Å²) in [4.78, 5) is 48.8. The lowest BCUT2D eigenvalue weighted by Gasteiger charge is -2.32. The second kappa shape index (κ2) is 7.47. The lowest BCUT2D eigenvalue weighted by atomic mass is 9.71. The number of nitrogens with zero attached hydrogens (tertiary/aromatic N) is 1. The highest BCUT2D eigenvalue weighted by Gasteiger charge is 2.72. The number of nitro benzene ring substituents is 1. The van der Waals surface area contributed by atoms with E-state index in [9.17, 15) is 24.5 Å². The van der Waals surface area contributed by atoms with Crippen molar-refractivity contribution < 1.29 is 33.5 Å². The first-order valence-electron chi connectivity index (χ1n) is 9.99. The summed E-state index contributed by atoms with van der Waals surface area (Å²) in [7, 11) is 3.79. The fourth-order valence-electron chi connectivity index (χ4n) is 5.87. The molecule has 0 heterocycles. The van der Waals surface area contributed by atoms with Gasteiger partial charge in [-0.1, -0.05) is 24.3 Å². The number of fused-ring (bicyclic) bond motifs is 3. The fraction of sp³-hybridized carbons (Fsp3) is 0.500. The van der Waals surface area contributed by atoms with Gasteiger partial charge in [0.1, 0.15) is 0 Å². The summed E-state index contributed by atoms with van der Waals surface area (Å²) in [5, 5.41) is 11.1. The van der Waals surface area contributed by atoms with Crippen molar-refractivity contribution in [3.05, 3.63) is 52.1 Å². The molecule has 1 aromatic rings. The molecular weight excluding hydrogens is 406 g/mol. The van der Waals surface area contributed by atoms with E-state index in [1.807, 2.05) is 12.2 Å². The van der Waals surface area contributed by atoms with Crippen molar-refractivity contribution >= 4 is 23.6 Å². The molecule has 0 saturated heterocycles. The minimum Gasteiger partial charge on any atom is -0.469 e. The van der Waals surface area contributed by atoms with Gasteiger partial charge in [-0.15, -0.1) is 0 Å². The Labute approximate surface area is 178 Å². The van der Waals surface area contributed by atoms with E-state index < -0.39 is 28.2 Å². The molecule has 0 N–H and O–H groups in total. The molecule has 3 aliphatic carbocycles. The standard InChI is InChI=1S/C22H23NO8/c1-29-19(24)18-13-8-9-15-16(17(13)18)14(11-4-6-12(7-5-11)23(27)28)10-22(15,20(25)30-2)21(26)31-3/h4-9,13-18H,10H2,1-3H3. The van der Waals surface area contributed by atoms with Crippen LogP contribution in [0.25, 0.3) is 0 Å². The fourth-order valence-corrected chi connectivity index (χ4v) is 5.87. The maximum absolute atomic E-state index is 13.0. The molecule has 0 spiro atoms. The Hall–Kier alpha value is -3.23. The normalized spacial score (nSPS) is 31.7. The zero-order valence-corrected chi connectivity index (χ0v) is 17.3. The molecule has 164 valence electrons. The van der Waals surface area contributed by atoms with Crippen LogP contribution in [0.15, 0.2) is 36.4 Å². The molecule has 1 aromatic carbocycles. The smallest absolute Gasteiger partial charge is 0.323 e. The zero-order chi connectivity index (χ0) is 22.5. The Morgan fingerprint density at radius 3 is 2.10 bits per heavy atom. The van der Waals surface area contributed by atoms with Crippen LogP contribution in [0.3, 0.4) is 0 Å². The molecule has 2 fully saturated rings. The van der Waals surface area contributed by atoms with Gasteiger partial charge in [-0.25, -0.2) is 0 Å². The molecule has 9 heteroatoms. The van der Waals surface area contributed by atoms with Crippen LogP contribution < -0.4 is 0 Å². The van der Waals surface area contributed by atoms with Crippen molar-refractivity contribution in [2.45, 2.75) is 12.3 Å². The summed E-state index contributed by atoms with van der Waals surface area (Å²) in [5.41, 5.74) is -0.837. The summed E-state index contributed by atoms with van der Waals surface area (Å²) in [5.74, 6) is -3.20. The number of non-ortho nitro benzene ring substituents is 1. The largest absolute Gasteiger partial charge is 0.469 e. The number of benzene rings is 1. The van der Waals surface area contributed by atoms with E-state index in [2.05, 4.69) is 0 Å². The number of methoxy groups -OCH3 is 3. The number of rotatable bonds is 5. The second-order valence-corrected chi connectivity index (χ2v) is 8.31. The summed E-state index contributed by atoms with van der Waals surface area (Å²) < 4.78 is 15.0. The number of nitro groups is 1. The molecule has 9 nitrogen and oxygen atoms in total. The van der Waals surface area contributed by atoms with Crippen molar-refractivity contribution in [3.8, 4) is 0 Å². The van der Waals surface area contributed by atoms with Crippen LogP contribution in [0.1, 0.15) is 17.9 Å². The molecule has 0 aromatic heterocycles. The molecule has 3 aliphatic rings. The van der Waals surface area contributed by atoms with Gasteiger partial charge in [0.25, 0.3) is 5.69 Å². The molecular formula is C22H23NO8. The minimum absolute atomic E-state index is 0.0275. The number of hydrogen-bond donors (Lipinski definition) is 0. The summed E-state index contributed by atoms with van der Waals surface area (Å²) in [6.07, 6.45) is 3.83. The predicted molar refractivity (Wildman–Crippen MR) is 106 cm³/mol. The summed E-state index contributed by atoms with van der Waals surface area (Å²) in [6.45, 7) is 0. The number of allylic oxidation sites excluding steroid dienone is 2. The molecule has 6 unspecified atom stereocenters. The predicted octanol–water partition coefficient (Wildman–Crippen LogP) is 2.25. The SMILES string of the molecule is COC(=O)C1C2C=CC3C(C(c4ccc([N+](=O)[O-])cc4)CC3(C(=O)OC)C(=O)OC)C21. The molecule has 0 amide bonds. The first-order chi connectivity index (χ1) is 14.8. The van der Waals surface area contributed by atoms with Gasteiger partial charge in [0, 0.05) is 18.1 Å². The monoisotopic (exact) mass is 429 g/mol. The average Bonchev–Trinajstić information content (AvgIpc) is 3.43. The third kappa shape index (κ3) is 2.94. The quantitative estimate of drug-likeness (QED) is 0.174. The molecule has 0 radical (unpaired) electrons. The molecule has 6 atom stereocenters. The van der Waals surface area contributed by atoms with E-state index >= 15 is 0 Å². The van der Waals surface area contributed by atoms with E-state index in [0.29, 0.717) is 0 Å². The van der Waals surface area contributed by atoms with E-state index in [4.69, 9.17) is 14.2 Å². The Morgan fingerprint density at radius 1 is 0.968 bits per heavy atom. The Kier molecular flexibility index (Phi) is 5.07.